The average molecular weight is 105 g/mol. The smallest absolute Gasteiger partial charge is 0.0636 e. The van der Waals surface area contributed by atoms with Crippen LogP contribution >= 0.6 is 12.6 Å². The number of nitrogens with zero attached hydrogens (tertiary/aromatic N) is 1. The molecule has 0 rings (SSSR count). The molecule has 0 aliphatic carbocycles. The Labute approximate surface area is 42.3 Å². The van der Waals surface area contributed by atoms with Gasteiger partial charge < -0.3 is 5.21 Å². The molecule has 0 heterocycles. The maximum atomic E-state index is 7.87. The highest BCUT2D eigenvalue weighted by atomic mass is 32.1. The standard InChI is InChI=1S/C3H7NOS/c1-3(2-6)4-5/h5-6H,2H2,1H3/b4-3-. The minimum Gasteiger partial charge on any atom is -0.411 e. The van der Waals surface area contributed by atoms with Gasteiger partial charge in [-0.25, -0.2) is 0 Å². The topological polar surface area (TPSA) is 32.6 Å². The van der Waals surface area contributed by atoms with Crippen LogP contribution in [0.15, 0.2) is 5.16 Å². The Morgan fingerprint density at radius 1 is 2.00 bits per heavy atom. The summed E-state index contributed by atoms with van der Waals surface area (Å²) >= 11 is 3.80. The van der Waals surface area contributed by atoms with Crippen LogP contribution in [0.4, 0.5) is 0 Å². The lowest BCUT2D eigenvalue weighted by atomic mass is 10.5. The van der Waals surface area contributed by atoms with Crippen molar-refractivity contribution < 1.29 is 5.21 Å². The molecule has 0 aromatic carbocycles. The first-order valence-corrected chi connectivity index (χ1v) is 2.23. The molecule has 0 fully saturated rings. The third-order valence-electron chi connectivity index (χ3n) is 0.400. The summed E-state index contributed by atoms with van der Waals surface area (Å²) in [5.74, 6) is 0.524. The molecule has 0 spiro atoms. The first kappa shape index (κ1) is 5.82. The van der Waals surface area contributed by atoms with E-state index in [4.69, 9.17) is 5.21 Å². The van der Waals surface area contributed by atoms with E-state index < -0.39 is 0 Å². The number of thiol groups is 1. The minimum atomic E-state index is 0.524. The van der Waals surface area contributed by atoms with Crippen molar-refractivity contribution in [2.24, 2.45) is 5.16 Å². The first-order valence-electron chi connectivity index (χ1n) is 1.59. The molecular weight excluding hydrogens is 98.1 g/mol. The quantitative estimate of drug-likeness (QED) is 0.219. The fraction of sp³-hybridized carbons (Fsp3) is 0.667. The summed E-state index contributed by atoms with van der Waals surface area (Å²) in [4.78, 5) is 0. The van der Waals surface area contributed by atoms with Crippen molar-refractivity contribution >= 4 is 18.3 Å². The lowest BCUT2D eigenvalue weighted by Gasteiger charge is -1.81. The lowest BCUT2D eigenvalue weighted by Crippen LogP contribution is -1.89. The van der Waals surface area contributed by atoms with E-state index in [0.717, 1.165) is 0 Å². The van der Waals surface area contributed by atoms with Crippen LogP contribution < -0.4 is 0 Å². The van der Waals surface area contributed by atoms with Crippen molar-refractivity contribution in [3.05, 3.63) is 0 Å². The van der Waals surface area contributed by atoms with Crippen LogP contribution in [0.1, 0.15) is 6.92 Å². The van der Waals surface area contributed by atoms with Gasteiger partial charge in [0.1, 0.15) is 0 Å². The third kappa shape index (κ3) is 2.08. The Morgan fingerprint density at radius 3 is 2.50 bits per heavy atom. The van der Waals surface area contributed by atoms with Gasteiger partial charge in [0.15, 0.2) is 0 Å². The molecule has 0 saturated carbocycles. The summed E-state index contributed by atoms with van der Waals surface area (Å²) in [6, 6.07) is 0. The highest BCUT2D eigenvalue weighted by Crippen LogP contribution is 1.76. The summed E-state index contributed by atoms with van der Waals surface area (Å²) in [5, 5.41) is 10.7. The molecule has 0 unspecified atom stereocenters. The zero-order valence-electron chi connectivity index (χ0n) is 3.55. The van der Waals surface area contributed by atoms with Crippen LogP contribution in [0.3, 0.4) is 0 Å². The summed E-state index contributed by atoms with van der Waals surface area (Å²) in [6.45, 7) is 1.70. The molecule has 0 aromatic heterocycles. The molecule has 0 saturated heterocycles. The van der Waals surface area contributed by atoms with Crippen LogP contribution in [-0.4, -0.2) is 16.7 Å². The largest absolute Gasteiger partial charge is 0.411 e. The minimum absolute atomic E-state index is 0.524. The molecule has 0 atom stereocenters. The van der Waals surface area contributed by atoms with Gasteiger partial charge in [-0.05, 0) is 6.92 Å². The van der Waals surface area contributed by atoms with Gasteiger partial charge in [0.05, 0.1) is 5.71 Å². The van der Waals surface area contributed by atoms with Crippen molar-refractivity contribution in [1.82, 2.24) is 0 Å². The average Bonchev–Trinajstić information content (AvgIpc) is 1.65. The van der Waals surface area contributed by atoms with Gasteiger partial charge in [0.25, 0.3) is 0 Å². The molecule has 0 radical (unpaired) electrons. The number of hydrogen-bond donors (Lipinski definition) is 2. The van der Waals surface area contributed by atoms with Gasteiger partial charge >= 0.3 is 0 Å². The maximum Gasteiger partial charge on any atom is 0.0636 e. The highest BCUT2D eigenvalue weighted by Gasteiger charge is 1.78. The molecule has 0 aromatic rings. The van der Waals surface area contributed by atoms with Crippen molar-refractivity contribution in [2.75, 3.05) is 5.75 Å². The molecule has 3 heteroatoms. The Kier molecular flexibility index (Phi) is 2.94. The van der Waals surface area contributed by atoms with E-state index in [1.807, 2.05) is 0 Å². The molecule has 0 aliphatic rings. The van der Waals surface area contributed by atoms with Gasteiger partial charge in [-0.1, -0.05) is 5.16 Å². The second-order valence-electron chi connectivity index (χ2n) is 0.993. The Balaban J connectivity index is 3.22. The molecule has 6 heavy (non-hydrogen) atoms. The highest BCUT2D eigenvalue weighted by molar-refractivity contribution is 7.81. The van der Waals surface area contributed by atoms with Crippen molar-refractivity contribution in [3.8, 4) is 0 Å². The molecule has 1 N–H and O–H groups in total. The van der Waals surface area contributed by atoms with E-state index in [-0.39, 0.29) is 0 Å². The molecule has 0 aliphatic heterocycles. The third-order valence-corrected chi connectivity index (χ3v) is 0.857. The second-order valence-corrected chi connectivity index (χ2v) is 1.31. The predicted octanol–water partition coefficient (Wildman–Crippen LogP) is 0.766. The van der Waals surface area contributed by atoms with Crippen LogP contribution in [0.25, 0.3) is 0 Å². The van der Waals surface area contributed by atoms with Gasteiger partial charge in [-0.2, -0.15) is 12.6 Å². The van der Waals surface area contributed by atoms with Gasteiger partial charge in [0, 0.05) is 5.75 Å². The molecule has 0 amide bonds. The van der Waals surface area contributed by atoms with Crippen molar-refractivity contribution in [3.63, 3.8) is 0 Å². The van der Waals surface area contributed by atoms with Gasteiger partial charge in [0.2, 0.25) is 0 Å². The molecule has 0 bridgehead atoms. The Hall–Kier alpha value is -0.180. The van der Waals surface area contributed by atoms with Crippen molar-refractivity contribution in [1.29, 1.82) is 0 Å². The second kappa shape index (κ2) is 3.03. The summed E-state index contributed by atoms with van der Waals surface area (Å²) in [7, 11) is 0. The molecule has 2 nitrogen and oxygen atoms in total. The van der Waals surface area contributed by atoms with Gasteiger partial charge in [-0.3, -0.25) is 0 Å². The fourth-order valence-corrected chi connectivity index (χ4v) is 0.0949. The van der Waals surface area contributed by atoms with E-state index in [9.17, 15) is 0 Å². The molecular formula is C3H7NOS. The van der Waals surface area contributed by atoms with Crippen molar-refractivity contribution in [2.45, 2.75) is 6.92 Å². The summed E-state index contributed by atoms with van der Waals surface area (Å²) < 4.78 is 0. The monoisotopic (exact) mass is 105 g/mol. The predicted molar refractivity (Wildman–Crippen MR) is 28.7 cm³/mol. The fourth-order valence-electron chi connectivity index (χ4n) is 0.0316. The zero-order chi connectivity index (χ0) is 4.99. The van der Waals surface area contributed by atoms with Crippen LogP contribution in [0, 0.1) is 0 Å². The van der Waals surface area contributed by atoms with Crippen LogP contribution in [-0.2, 0) is 0 Å². The number of hydrogen-bond acceptors (Lipinski definition) is 3. The van der Waals surface area contributed by atoms with E-state index in [1.54, 1.807) is 6.92 Å². The van der Waals surface area contributed by atoms with E-state index in [1.165, 1.54) is 0 Å². The maximum absolute atomic E-state index is 7.87. The van der Waals surface area contributed by atoms with Gasteiger partial charge in [-0.15, -0.1) is 0 Å². The number of oxime groups is 1. The normalized spacial score (nSPS) is 12.0. The first-order chi connectivity index (χ1) is 2.81. The molecule has 36 valence electrons. The lowest BCUT2D eigenvalue weighted by molar-refractivity contribution is 0.318. The SMILES string of the molecule is C/C(CS)=N/O. The number of rotatable bonds is 1. The summed E-state index contributed by atoms with van der Waals surface area (Å²) in [6.07, 6.45) is 0. The van der Waals surface area contributed by atoms with E-state index in [0.29, 0.717) is 11.5 Å². The van der Waals surface area contributed by atoms with Crippen LogP contribution in [0.5, 0.6) is 0 Å². The zero-order valence-corrected chi connectivity index (χ0v) is 4.44. The summed E-state index contributed by atoms with van der Waals surface area (Å²) in [5.41, 5.74) is 0.637. The van der Waals surface area contributed by atoms with E-state index >= 15 is 0 Å². The van der Waals surface area contributed by atoms with E-state index in [2.05, 4.69) is 17.8 Å². The Bertz CT molecular complexity index is 61.8. The Morgan fingerprint density at radius 2 is 2.50 bits per heavy atom. The van der Waals surface area contributed by atoms with Crippen LogP contribution in [0.2, 0.25) is 0 Å².